The number of hydrogen-bond acceptors (Lipinski definition) is 7. The fraction of sp³-hybridized carbons (Fsp3) is 0.292. The van der Waals surface area contributed by atoms with Gasteiger partial charge in [0.05, 0.1) is 17.5 Å². The van der Waals surface area contributed by atoms with Gasteiger partial charge in [0.25, 0.3) is 5.91 Å². The van der Waals surface area contributed by atoms with Crippen molar-refractivity contribution >= 4 is 66.5 Å². The molecule has 3 aliphatic heterocycles. The van der Waals surface area contributed by atoms with Crippen LogP contribution in [0.4, 0.5) is 0 Å². The van der Waals surface area contributed by atoms with Crippen LogP contribution in [-0.4, -0.2) is 49.4 Å². The quantitative estimate of drug-likeness (QED) is 0.520. The standard InChI is InChI=1S/C24H22BrN5O2S2/c1-15-4-6-17(7-5-15)20-13-19(16-8-10-18(25)11-9-16)27-30(20)22(32)14-33-24-28-29-12-2-3-21(31)26-23(29)34-24/h4-11,20H,2-3,12-14H2,1H3/t20-/m0/s1. The van der Waals surface area contributed by atoms with E-state index in [1.165, 1.54) is 29.1 Å². The molecule has 0 bridgehead atoms. The normalized spacial score (nSPS) is 20.0. The first kappa shape index (κ1) is 23.3. The number of carbonyl (C=O) groups is 2. The molecule has 0 aromatic heterocycles. The van der Waals surface area contributed by atoms with Gasteiger partial charge in [0.1, 0.15) is 0 Å². The van der Waals surface area contributed by atoms with Gasteiger partial charge in [0, 0.05) is 23.9 Å². The molecule has 2 aromatic carbocycles. The zero-order valence-corrected chi connectivity index (χ0v) is 21.7. The summed E-state index contributed by atoms with van der Waals surface area (Å²) in [7, 11) is 0. The van der Waals surface area contributed by atoms with Crippen LogP contribution in [0.15, 0.2) is 68.2 Å². The van der Waals surface area contributed by atoms with Crippen molar-refractivity contribution in [1.82, 2.24) is 10.0 Å². The van der Waals surface area contributed by atoms with Gasteiger partial charge < -0.3 is 0 Å². The van der Waals surface area contributed by atoms with Crippen molar-refractivity contribution in [2.75, 3.05) is 12.3 Å². The summed E-state index contributed by atoms with van der Waals surface area (Å²) in [5.74, 6) is 0.0156. The van der Waals surface area contributed by atoms with E-state index in [-0.39, 0.29) is 23.6 Å². The van der Waals surface area contributed by atoms with Crippen LogP contribution >= 0.6 is 39.5 Å². The smallest absolute Gasteiger partial charge is 0.253 e. The van der Waals surface area contributed by atoms with Crippen molar-refractivity contribution in [2.24, 2.45) is 15.2 Å². The molecular weight excluding hydrogens is 534 g/mol. The third-order valence-electron chi connectivity index (χ3n) is 5.71. The summed E-state index contributed by atoms with van der Waals surface area (Å²) in [4.78, 5) is 29.2. The fourth-order valence-electron chi connectivity index (χ4n) is 3.91. The predicted molar refractivity (Wildman–Crippen MR) is 142 cm³/mol. The van der Waals surface area contributed by atoms with Crippen molar-refractivity contribution < 1.29 is 9.59 Å². The second-order valence-corrected chi connectivity index (χ2v) is 11.3. The van der Waals surface area contributed by atoms with Crippen LogP contribution in [0.5, 0.6) is 0 Å². The van der Waals surface area contributed by atoms with Crippen molar-refractivity contribution in [3.8, 4) is 0 Å². The van der Waals surface area contributed by atoms with Gasteiger partial charge in [-0.05, 0) is 48.4 Å². The predicted octanol–water partition coefficient (Wildman–Crippen LogP) is 5.16. The molecule has 0 saturated carbocycles. The van der Waals surface area contributed by atoms with E-state index in [9.17, 15) is 9.59 Å². The molecule has 0 radical (unpaired) electrons. The van der Waals surface area contributed by atoms with E-state index in [0.29, 0.717) is 24.6 Å². The number of nitrogens with zero attached hydrogens (tertiary/aromatic N) is 5. The number of thioether (sulfide) groups is 2. The van der Waals surface area contributed by atoms with Gasteiger partial charge in [-0.25, -0.2) is 10.0 Å². The molecule has 0 saturated heterocycles. The van der Waals surface area contributed by atoms with E-state index in [4.69, 9.17) is 5.10 Å². The second kappa shape index (κ2) is 10.1. The zero-order chi connectivity index (χ0) is 23.7. The summed E-state index contributed by atoms with van der Waals surface area (Å²) >= 11 is 6.19. The molecule has 2 amide bonds. The third kappa shape index (κ3) is 5.13. The van der Waals surface area contributed by atoms with Crippen LogP contribution in [0, 0.1) is 6.92 Å². The molecule has 7 nitrogen and oxygen atoms in total. The van der Waals surface area contributed by atoms with Crippen LogP contribution in [0.2, 0.25) is 0 Å². The van der Waals surface area contributed by atoms with Gasteiger partial charge in [0.2, 0.25) is 5.91 Å². The van der Waals surface area contributed by atoms with Crippen molar-refractivity contribution in [3.05, 3.63) is 69.7 Å². The Bertz CT molecular complexity index is 1210. The number of aryl methyl sites for hydroxylation is 1. The number of hydrazone groups is 2. The first-order valence-corrected chi connectivity index (χ1v) is 13.6. The highest BCUT2D eigenvalue weighted by Crippen LogP contribution is 2.35. The summed E-state index contributed by atoms with van der Waals surface area (Å²) in [5, 5.41) is 13.3. The van der Waals surface area contributed by atoms with E-state index in [2.05, 4.69) is 57.2 Å². The Morgan fingerprint density at radius 1 is 1.15 bits per heavy atom. The summed E-state index contributed by atoms with van der Waals surface area (Å²) in [6.45, 7) is 2.72. The van der Waals surface area contributed by atoms with Crippen LogP contribution in [-0.2, 0) is 9.59 Å². The Hall–Kier alpha value is -2.43. The molecule has 3 aliphatic rings. The number of rotatable bonds is 4. The summed E-state index contributed by atoms with van der Waals surface area (Å²) in [6.07, 6.45) is 1.83. The van der Waals surface area contributed by atoms with E-state index in [0.717, 1.165) is 32.1 Å². The Kier molecular flexibility index (Phi) is 6.89. The number of carbonyl (C=O) groups excluding carboxylic acids is 2. The average Bonchev–Trinajstić information content (AvgIpc) is 3.39. The first-order chi connectivity index (χ1) is 16.5. The number of amidine groups is 1. The molecule has 2 aromatic rings. The largest absolute Gasteiger partial charge is 0.273 e. The Morgan fingerprint density at radius 3 is 2.68 bits per heavy atom. The van der Waals surface area contributed by atoms with E-state index in [1.807, 2.05) is 24.3 Å². The van der Waals surface area contributed by atoms with Gasteiger partial charge >= 0.3 is 0 Å². The lowest BCUT2D eigenvalue weighted by atomic mass is 9.98. The Morgan fingerprint density at radius 2 is 1.91 bits per heavy atom. The molecule has 10 heteroatoms. The minimum absolute atomic E-state index is 0.0777. The lowest BCUT2D eigenvalue weighted by Gasteiger charge is -2.22. The highest BCUT2D eigenvalue weighted by Gasteiger charge is 2.34. The molecular formula is C24H22BrN5O2S2. The van der Waals surface area contributed by atoms with Crippen LogP contribution < -0.4 is 0 Å². The molecule has 34 heavy (non-hydrogen) atoms. The Balaban J connectivity index is 1.33. The highest BCUT2D eigenvalue weighted by atomic mass is 79.9. The van der Waals surface area contributed by atoms with Crippen LogP contribution in [0.25, 0.3) is 0 Å². The van der Waals surface area contributed by atoms with Gasteiger partial charge in [-0.15, -0.1) is 0 Å². The SMILES string of the molecule is Cc1ccc([C@@H]2CC(c3ccc(Br)cc3)=NN2C(=O)CSC2=NN3CCCC(=O)N=C3S2)cc1. The molecule has 3 heterocycles. The van der Waals surface area contributed by atoms with Crippen LogP contribution in [0.3, 0.4) is 0 Å². The molecule has 0 unspecified atom stereocenters. The highest BCUT2D eigenvalue weighted by molar-refractivity contribution is 9.10. The molecule has 0 N–H and O–H groups in total. The van der Waals surface area contributed by atoms with Crippen molar-refractivity contribution in [1.29, 1.82) is 0 Å². The molecule has 0 spiro atoms. The number of halogens is 1. The topological polar surface area (TPSA) is 77.7 Å². The lowest BCUT2D eigenvalue weighted by molar-refractivity contribution is -0.130. The maximum Gasteiger partial charge on any atom is 0.253 e. The molecule has 0 fully saturated rings. The minimum atomic E-state index is -0.151. The van der Waals surface area contributed by atoms with E-state index in [1.54, 1.807) is 10.0 Å². The van der Waals surface area contributed by atoms with Crippen molar-refractivity contribution in [3.63, 3.8) is 0 Å². The zero-order valence-electron chi connectivity index (χ0n) is 18.5. The van der Waals surface area contributed by atoms with Gasteiger partial charge in [-0.1, -0.05) is 69.7 Å². The second-order valence-electron chi connectivity index (χ2n) is 8.19. The van der Waals surface area contributed by atoms with E-state index < -0.39 is 0 Å². The fourth-order valence-corrected chi connectivity index (χ4v) is 6.03. The average molecular weight is 557 g/mol. The number of hydrogen-bond donors (Lipinski definition) is 0. The number of benzene rings is 2. The number of fused-ring (bicyclic) bond motifs is 1. The van der Waals surface area contributed by atoms with Gasteiger partial charge in [-0.2, -0.15) is 15.2 Å². The maximum atomic E-state index is 13.3. The van der Waals surface area contributed by atoms with Gasteiger partial charge in [0.15, 0.2) is 9.54 Å². The van der Waals surface area contributed by atoms with E-state index >= 15 is 0 Å². The number of amides is 2. The number of aliphatic imine (C=N–C) groups is 1. The lowest BCUT2D eigenvalue weighted by Crippen LogP contribution is -2.28. The third-order valence-corrected chi connectivity index (χ3v) is 8.30. The first-order valence-electron chi connectivity index (χ1n) is 11.0. The van der Waals surface area contributed by atoms with Crippen molar-refractivity contribution in [2.45, 2.75) is 32.2 Å². The van der Waals surface area contributed by atoms with Crippen LogP contribution in [0.1, 0.15) is 42.0 Å². The molecule has 5 rings (SSSR count). The minimum Gasteiger partial charge on any atom is -0.273 e. The monoisotopic (exact) mass is 555 g/mol. The molecule has 174 valence electrons. The molecule has 0 aliphatic carbocycles. The van der Waals surface area contributed by atoms with Gasteiger partial charge in [-0.3, -0.25) is 9.59 Å². The maximum absolute atomic E-state index is 13.3. The summed E-state index contributed by atoms with van der Waals surface area (Å²) in [6, 6.07) is 16.1. The summed E-state index contributed by atoms with van der Waals surface area (Å²) < 4.78 is 1.73. The molecule has 1 atom stereocenters. The Labute approximate surface area is 214 Å². The summed E-state index contributed by atoms with van der Waals surface area (Å²) in [5.41, 5.74) is 4.14.